The van der Waals surface area contributed by atoms with Crippen molar-refractivity contribution >= 4 is 26.9 Å². The van der Waals surface area contributed by atoms with E-state index in [-0.39, 0.29) is 16.6 Å². The second kappa shape index (κ2) is 7.13. The summed E-state index contributed by atoms with van der Waals surface area (Å²) in [4.78, 5) is 15.4. The number of fused-ring (bicyclic) bond motifs is 1. The highest BCUT2D eigenvalue weighted by atomic mass is 32.2. The van der Waals surface area contributed by atoms with Gasteiger partial charge in [-0.2, -0.15) is 8.42 Å². The lowest BCUT2D eigenvalue weighted by molar-refractivity contribution is -0.119. The van der Waals surface area contributed by atoms with Crippen LogP contribution >= 0.6 is 0 Å². The Bertz CT molecular complexity index is 1060. The molecule has 2 aromatic carbocycles. The molecule has 0 bridgehead atoms. The number of hydrogen-bond acceptors (Lipinski definition) is 5. The number of para-hydroxylation sites is 1. The summed E-state index contributed by atoms with van der Waals surface area (Å²) in [6.07, 6.45) is 0. The molecule has 1 amide bonds. The van der Waals surface area contributed by atoms with Crippen molar-refractivity contribution in [2.75, 3.05) is 0 Å². The van der Waals surface area contributed by atoms with Gasteiger partial charge in [-0.25, -0.2) is 4.98 Å². The van der Waals surface area contributed by atoms with Crippen LogP contribution < -0.4 is 9.50 Å². The molecule has 0 radical (unpaired) electrons. The fourth-order valence-corrected chi connectivity index (χ4v) is 3.39. The van der Waals surface area contributed by atoms with Crippen LogP contribution in [0, 0.1) is 6.92 Å². The SMILES string of the molecule is CC(=O)NCc1ccc(S(=O)(=O)Oc2cccc3ccc(C)nc23)cc1. The van der Waals surface area contributed by atoms with Gasteiger partial charge < -0.3 is 9.50 Å². The molecule has 3 aromatic rings. The van der Waals surface area contributed by atoms with E-state index in [0.29, 0.717) is 12.1 Å². The highest BCUT2D eigenvalue weighted by molar-refractivity contribution is 7.87. The van der Waals surface area contributed by atoms with Crippen LogP contribution in [0.2, 0.25) is 0 Å². The van der Waals surface area contributed by atoms with Crippen LogP contribution in [0.4, 0.5) is 0 Å². The Morgan fingerprint density at radius 1 is 1.08 bits per heavy atom. The van der Waals surface area contributed by atoms with Crippen molar-refractivity contribution in [1.29, 1.82) is 0 Å². The average Bonchev–Trinajstić information content (AvgIpc) is 2.60. The fraction of sp³-hybridized carbons (Fsp3) is 0.158. The molecule has 1 aromatic heterocycles. The minimum Gasteiger partial charge on any atom is -0.377 e. The monoisotopic (exact) mass is 370 g/mol. The number of pyridine rings is 1. The number of carbonyl (C=O) groups is 1. The van der Waals surface area contributed by atoms with Gasteiger partial charge in [0.15, 0.2) is 5.75 Å². The first-order valence-electron chi connectivity index (χ1n) is 7.99. The molecule has 0 unspecified atom stereocenters. The number of rotatable bonds is 5. The van der Waals surface area contributed by atoms with Gasteiger partial charge >= 0.3 is 10.1 Å². The molecule has 6 nitrogen and oxygen atoms in total. The minimum atomic E-state index is -3.99. The summed E-state index contributed by atoms with van der Waals surface area (Å²) in [5.41, 5.74) is 2.06. The second-order valence-electron chi connectivity index (χ2n) is 5.87. The zero-order valence-corrected chi connectivity index (χ0v) is 15.2. The second-order valence-corrected chi connectivity index (χ2v) is 7.42. The first kappa shape index (κ1) is 17.9. The quantitative estimate of drug-likeness (QED) is 0.698. The van der Waals surface area contributed by atoms with Gasteiger partial charge in [0.25, 0.3) is 0 Å². The molecule has 0 aliphatic carbocycles. The highest BCUT2D eigenvalue weighted by Gasteiger charge is 2.18. The van der Waals surface area contributed by atoms with Gasteiger partial charge in [-0.15, -0.1) is 0 Å². The summed E-state index contributed by atoms with van der Waals surface area (Å²) in [7, 11) is -3.99. The zero-order chi connectivity index (χ0) is 18.7. The molecule has 0 spiro atoms. The maximum atomic E-state index is 12.6. The van der Waals surface area contributed by atoms with E-state index in [1.165, 1.54) is 19.1 Å². The standard InChI is InChI=1S/C19H18N2O4S/c1-13-6-9-16-4-3-5-18(19(16)21-13)25-26(23,24)17-10-7-15(8-11-17)12-20-14(2)22/h3-11H,12H2,1-2H3,(H,20,22). The van der Waals surface area contributed by atoms with Crippen LogP contribution in [0.25, 0.3) is 10.9 Å². The maximum absolute atomic E-state index is 12.6. The molecule has 0 saturated carbocycles. The van der Waals surface area contributed by atoms with Gasteiger partial charge in [0.05, 0.1) is 0 Å². The number of nitrogens with one attached hydrogen (secondary N) is 1. The summed E-state index contributed by atoms with van der Waals surface area (Å²) in [5.74, 6) is 0.0392. The van der Waals surface area contributed by atoms with Gasteiger partial charge in [0.1, 0.15) is 10.4 Å². The lowest BCUT2D eigenvalue weighted by atomic mass is 10.2. The van der Waals surface area contributed by atoms with Crippen LogP contribution in [0.15, 0.2) is 59.5 Å². The van der Waals surface area contributed by atoms with Gasteiger partial charge in [-0.1, -0.05) is 30.3 Å². The normalized spacial score (nSPS) is 11.3. The third-order valence-electron chi connectivity index (χ3n) is 3.78. The van der Waals surface area contributed by atoms with Gasteiger partial charge in [-0.05, 0) is 36.8 Å². The van der Waals surface area contributed by atoms with E-state index >= 15 is 0 Å². The smallest absolute Gasteiger partial charge is 0.339 e. The van der Waals surface area contributed by atoms with E-state index in [2.05, 4.69) is 10.3 Å². The van der Waals surface area contributed by atoms with Crippen molar-refractivity contribution in [2.24, 2.45) is 0 Å². The topological polar surface area (TPSA) is 85.4 Å². The molecule has 3 rings (SSSR count). The van der Waals surface area contributed by atoms with Crippen molar-refractivity contribution in [3.8, 4) is 5.75 Å². The summed E-state index contributed by atoms with van der Waals surface area (Å²) < 4.78 is 30.5. The minimum absolute atomic E-state index is 0.0359. The molecule has 1 heterocycles. The summed E-state index contributed by atoms with van der Waals surface area (Å²) >= 11 is 0. The number of carbonyl (C=O) groups excluding carboxylic acids is 1. The van der Waals surface area contributed by atoms with E-state index in [0.717, 1.165) is 16.6 Å². The lowest BCUT2D eigenvalue weighted by Gasteiger charge is -2.10. The molecular formula is C19H18N2O4S. The Morgan fingerprint density at radius 3 is 2.50 bits per heavy atom. The van der Waals surface area contributed by atoms with Crippen LogP contribution in [0.5, 0.6) is 5.75 Å². The van der Waals surface area contributed by atoms with Crippen molar-refractivity contribution in [3.63, 3.8) is 0 Å². The lowest BCUT2D eigenvalue weighted by Crippen LogP contribution is -2.19. The Kier molecular flexibility index (Phi) is 4.90. The number of nitrogens with zero attached hydrogens (tertiary/aromatic N) is 1. The molecule has 0 aliphatic heterocycles. The molecule has 0 fully saturated rings. The predicted octanol–water partition coefficient (Wildman–Crippen LogP) is 2.95. The first-order chi connectivity index (χ1) is 12.3. The number of hydrogen-bond donors (Lipinski definition) is 1. The van der Waals surface area contributed by atoms with Crippen molar-refractivity contribution in [3.05, 3.63) is 65.9 Å². The predicted molar refractivity (Wildman–Crippen MR) is 98.3 cm³/mol. The average molecular weight is 370 g/mol. The Morgan fingerprint density at radius 2 is 1.81 bits per heavy atom. The molecule has 1 N–H and O–H groups in total. The van der Waals surface area contributed by atoms with E-state index in [4.69, 9.17) is 4.18 Å². The summed E-state index contributed by atoms with van der Waals surface area (Å²) in [6.45, 7) is 3.59. The molecular weight excluding hydrogens is 352 g/mol. The van der Waals surface area contributed by atoms with E-state index < -0.39 is 10.1 Å². The summed E-state index contributed by atoms with van der Waals surface area (Å²) in [6, 6.07) is 15.1. The fourth-order valence-electron chi connectivity index (χ4n) is 2.45. The highest BCUT2D eigenvalue weighted by Crippen LogP contribution is 2.27. The maximum Gasteiger partial charge on any atom is 0.339 e. The molecule has 7 heteroatoms. The van der Waals surface area contributed by atoms with E-state index in [1.807, 2.05) is 25.1 Å². The van der Waals surface area contributed by atoms with Gasteiger partial charge in [0, 0.05) is 24.5 Å². The Balaban J connectivity index is 1.87. The van der Waals surface area contributed by atoms with Crippen molar-refractivity contribution < 1.29 is 17.4 Å². The van der Waals surface area contributed by atoms with Crippen molar-refractivity contribution in [2.45, 2.75) is 25.3 Å². The number of amides is 1. The first-order valence-corrected chi connectivity index (χ1v) is 9.40. The van der Waals surface area contributed by atoms with Gasteiger partial charge in [-0.3, -0.25) is 4.79 Å². The Labute approximate surface area is 152 Å². The third-order valence-corrected chi connectivity index (χ3v) is 5.02. The van der Waals surface area contributed by atoms with Crippen LogP contribution in [-0.4, -0.2) is 19.3 Å². The summed E-state index contributed by atoms with van der Waals surface area (Å²) in [5, 5.41) is 3.46. The zero-order valence-electron chi connectivity index (χ0n) is 14.4. The Hall–Kier alpha value is -2.93. The largest absolute Gasteiger partial charge is 0.377 e. The molecule has 0 aliphatic rings. The van der Waals surface area contributed by atoms with Crippen LogP contribution in [-0.2, 0) is 21.5 Å². The van der Waals surface area contributed by atoms with Crippen LogP contribution in [0.3, 0.4) is 0 Å². The third kappa shape index (κ3) is 4.00. The number of aromatic nitrogens is 1. The van der Waals surface area contributed by atoms with Crippen LogP contribution in [0.1, 0.15) is 18.2 Å². The molecule has 0 atom stereocenters. The number of aryl methyl sites for hydroxylation is 1. The number of benzene rings is 2. The molecule has 26 heavy (non-hydrogen) atoms. The van der Waals surface area contributed by atoms with E-state index in [9.17, 15) is 13.2 Å². The van der Waals surface area contributed by atoms with E-state index in [1.54, 1.807) is 24.3 Å². The molecule has 0 saturated heterocycles. The van der Waals surface area contributed by atoms with Crippen molar-refractivity contribution in [1.82, 2.24) is 10.3 Å². The van der Waals surface area contributed by atoms with Gasteiger partial charge in [0.2, 0.25) is 5.91 Å². The molecule has 134 valence electrons.